The van der Waals surface area contributed by atoms with E-state index in [-0.39, 0.29) is 17.2 Å². The van der Waals surface area contributed by atoms with Crippen molar-refractivity contribution in [2.24, 2.45) is 11.1 Å². The average Bonchev–Trinajstić information content (AvgIpc) is 2.43. The summed E-state index contributed by atoms with van der Waals surface area (Å²) < 4.78 is 0. The van der Waals surface area contributed by atoms with Crippen molar-refractivity contribution in [3.8, 4) is 0 Å². The first kappa shape index (κ1) is 19.5. The molecule has 0 radical (unpaired) electrons. The maximum absolute atomic E-state index is 12.2. The first-order valence-electron chi connectivity index (χ1n) is 7.80. The molecular formula is C17H26ClN3O2. The largest absolute Gasteiger partial charge is 0.352 e. The third-order valence-electron chi connectivity index (χ3n) is 3.10. The van der Waals surface area contributed by atoms with Gasteiger partial charge in [-0.05, 0) is 43.0 Å². The normalized spacial score (nSPS) is 11.2. The van der Waals surface area contributed by atoms with E-state index in [2.05, 4.69) is 10.6 Å². The van der Waals surface area contributed by atoms with E-state index in [1.165, 1.54) is 0 Å². The molecule has 0 aliphatic rings. The number of carbonyl (C=O) groups excluding carboxylic acids is 2. The summed E-state index contributed by atoms with van der Waals surface area (Å²) >= 11 is 6.08. The SMILES string of the molecule is CC(C)(C)CC(=O)Nc1ccc(Cl)c(C(=O)NCCCCN)c1. The van der Waals surface area contributed by atoms with Crippen LogP contribution in [0.4, 0.5) is 5.69 Å². The molecule has 0 saturated carbocycles. The zero-order valence-corrected chi connectivity index (χ0v) is 14.8. The van der Waals surface area contributed by atoms with Crippen LogP contribution >= 0.6 is 11.6 Å². The summed E-state index contributed by atoms with van der Waals surface area (Å²) in [6.45, 7) is 7.14. The Morgan fingerprint density at radius 3 is 2.52 bits per heavy atom. The minimum absolute atomic E-state index is 0.0888. The summed E-state index contributed by atoms with van der Waals surface area (Å²) in [6.07, 6.45) is 2.08. The first-order chi connectivity index (χ1) is 10.7. The molecule has 5 nitrogen and oxygen atoms in total. The number of halogens is 1. The van der Waals surface area contributed by atoms with Crippen molar-refractivity contribution in [1.29, 1.82) is 0 Å². The van der Waals surface area contributed by atoms with E-state index in [1.54, 1.807) is 18.2 Å². The molecule has 0 unspecified atom stereocenters. The number of hydrogen-bond donors (Lipinski definition) is 3. The van der Waals surface area contributed by atoms with E-state index < -0.39 is 0 Å². The number of carbonyl (C=O) groups is 2. The Labute approximate surface area is 143 Å². The third-order valence-corrected chi connectivity index (χ3v) is 3.43. The van der Waals surface area contributed by atoms with Crippen LogP contribution in [0.3, 0.4) is 0 Å². The lowest BCUT2D eigenvalue weighted by molar-refractivity contribution is -0.117. The third kappa shape index (κ3) is 7.48. The highest BCUT2D eigenvalue weighted by molar-refractivity contribution is 6.34. The molecule has 0 heterocycles. The first-order valence-corrected chi connectivity index (χ1v) is 8.18. The number of anilines is 1. The van der Waals surface area contributed by atoms with E-state index in [4.69, 9.17) is 17.3 Å². The molecule has 0 aliphatic carbocycles. The van der Waals surface area contributed by atoms with Crippen LogP contribution in [0.2, 0.25) is 5.02 Å². The molecule has 1 aromatic carbocycles. The van der Waals surface area contributed by atoms with Gasteiger partial charge in [0.05, 0.1) is 10.6 Å². The lowest BCUT2D eigenvalue weighted by Crippen LogP contribution is -2.25. The van der Waals surface area contributed by atoms with Crippen LogP contribution in [0.25, 0.3) is 0 Å². The molecule has 128 valence electrons. The predicted octanol–water partition coefficient (Wildman–Crippen LogP) is 3.18. The van der Waals surface area contributed by atoms with Gasteiger partial charge in [0.2, 0.25) is 5.91 Å². The van der Waals surface area contributed by atoms with E-state index in [0.29, 0.717) is 35.8 Å². The highest BCUT2D eigenvalue weighted by Gasteiger charge is 2.17. The molecule has 0 bridgehead atoms. The Balaban J connectivity index is 2.71. The fourth-order valence-electron chi connectivity index (χ4n) is 2.03. The molecule has 1 aromatic rings. The average molecular weight is 340 g/mol. The molecule has 4 N–H and O–H groups in total. The van der Waals surface area contributed by atoms with E-state index in [0.717, 1.165) is 12.8 Å². The van der Waals surface area contributed by atoms with Gasteiger partial charge >= 0.3 is 0 Å². The zero-order chi connectivity index (χ0) is 17.5. The Kier molecular flexibility index (Phi) is 7.52. The molecule has 6 heteroatoms. The Hall–Kier alpha value is -1.59. The van der Waals surface area contributed by atoms with Gasteiger partial charge in [-0.3, -0.25) is 9.59 Å². The van der Waals surface area contributed by atoms with Gasteiger partial charge in [-0.2, -0.15) is 0 Å². The number of hydrogen-bond acceptors (Lipinski definition) is 3. The lowest BCUT2D eigenvalue weighted by atomic mass is 9.92. The summed E-state index contributed by atoms with van der Waals surface area (Å²) in [4.78, 5) is 24.1. The number of nitrogens with two attached hydrogens (primary N) is 1. The summed E-state index contributed by atoms with van der Waals surface area (Å²) in [5.41, 5.74) is 6.24. The highest BCUT2D eigenvalue weighted by atomic mass is 35.5. The second-order valence-corrected chi connectivity index (χ2v) is 7.14. The van der Waals surface area contributed by atoms with Gasteiger partial charge in [0, 0.05) is 18.7 Å². The van der Waals surface area contributed by atoms with Crippen molar-refractivity contribution in [3.05, 3.63) is 28.8 Å². The van der Waals surface area contributed by atoms with Crippen molar-refractivity contribution >= 4 is 29.1 Å². The molecule has 23 heavy (non-hydrogen) atoms. The Morgan fingerprint density at radius 1 is 1.22 bits per heavy atom. The fraction of sp³-hybridized carbons (Fsp3) is 0.529. The number of benzene rings is 1. The highest BCUT2D eigenvalue weighted by Crippen LogP contribution is 2.23. The number of nitrogens with one attached hydrogen (secondary N) is 2. The van der Waals surface area contributed by atoms with Crippen LogP contribution < -0.4 is 16.4 Å². The fourth-order valence-corrected chi connectivity index (χ4v) is 2.23. The minimum atomic E-state index is -0.251. The maximum atomic E-state index is 12.2. The monoisotopic (exact) mass is 339 g/mol. The van der Waals surface area contributed by atoms with Crippen LogP contribution in [0.1, 0.15) is 50.4 Å². The zero-order valence-electron chi connectivity index (χ0n) is 14.0. The van der Waals surface area contributed by atoms with Crippen molar-refractivity contribution in [3.63, 3.8) is 0 Å². The number of amides is 2. The molecule has 0 atom stereocenters. The smallest absolute Gasteiger partial charge is 0.252 e. The molecular weight excluding hydrogens is 314 g/mol. The topological polar surface area (TPSA) is 84.2 Å². The van der Waals surface area contributed by atoms with E-state index in [9.17, 15) is 9.59 Å². The predicted molar refractivity (Wildman–Crippen MR) is 94.8 cm³/mol. The van der Waals surface area contributed by atoms with Gasteiger partial charge < -0.3 is 16.4 Å². The van der Waals surface area contributed by atoms with E-state index in [1.807, 2.05) is 20.8 Å². The number of rotatable bonds is 7. The van der Waals surface area contributed by atoms with Gasteiger partial charge in [-0.1, -0.05) is 32.4 Å². The van der Waals surface area contributed by atoms with Gasteiger partial charge in [0.1, 0.15) is 0 Å². The lowest BCUT2D eigenvalue weighted by Gasteiger charge is -2.17. The Bertz CT molecular complexity index is 553. The van der Waals surface area contributed by atoms with Gasteiger partial charge in [0.15, 0.2) is 0 Å². The summed E-state index contributed by atoms with van der Waals surface area (Å²) in [5.74, 6) is -0.340. The van der Waals surface area contributed by atoms with Crippen molar-refractivity contribution in [1.82, 2.24) is 5.32 Å². The molecule has 2 amide bonds. The standard InChI is InChI=1S/C17H26ClN3O2/c1-17(2,3)11-15(22)21-12-6-7-14(18)13(10-12)16(23)20-9-5-4-8-19/h6-7,10H,4-5,8-9,11,19H2,1-3H3,(H,20,23)(H,21,22). The van der Waals surface area contributed by atoms with Gasteiger partial charge in [-0.15, -0.1) is 0 Å². The van der Waals surface area contributed by atoms with Gasteiger partial charge in [-0.25, -0.2) is 0 Å². The molecule has 0 aliphatic heterocycles. The molecule has 0 fully saturated rings. The second kappa shape index (κ2) is 8.89. The molecule has 1 rings (SSSR count). The van der Waals surface area contributed by atoms with Crippen LogP contribution in [0.5, 0.6) is 0 Å². The molecule has 0 spiro atoms. The van der Waals surface area contributed by atoms with Crippen molar-refractivity contribution in [2.75, 3.05) is 18.4 Å². The number of unbranched alkanes of at least 4 members (excludes halogenated alkanes) is 1. The van der Waals surface area contributed by atoms with Crippen molar-refractivity contribution in [2.45, 2.75) is 40.0 Å². The van der Waals surface area contributed by atoms with Crippen molar-refractivity contribution < 1.29 is 9.59 Å². The summed E-state index contributed by atoms with van der Waals surface area (Å²) in [7, 11) is 0. The quantitative estimate of drug-likeness (QED) is 0.667. The Morgan fingerprint density at radius 2 is 1.91 bits per heavy atom. The van der Waals surface area contributed by atoms with Gasteiger partial charge in [0.25, 0.3) is 5.91 Å². The minimum Gasteiger partial charge on any atom is -0.352 e. The van der Waals surface area contributed by atoms with Crippen LogP contribution in [-0.4, -0.2) is 24.9 Å². The van der Waals surface area contributed by atoms with Crippen LogP contribution in [0, 0.1) is 5.41 Å². The molecule has 0 saturated heterocycles. The summed E-state index contributed by atoms with van der Waals surface area (Å²) in [6, 6.07) is 4.90. The summed E-state index contributed by atoms with van der Waals surface area (Å²) in [5, 5.41) is 5.96. The maximum Gasteiger partial charge on any atom is 0.252 e. The van der Waals surface area contributed by atoms with E-state index >= 15 is 0 Å². The van der Waals surface area contributed by atoms with Crippen LogP contribution in [-0.2, 0) is 4.79 Å². The second-order valence-electron chi connectivity index (χ2n) is 6.73. The van der Waals surface area contributed by atoms with Crippen LogP contribution in [0.15, 0.2) is 18.2 Å². The molecule has 0 aromatic heterocycles.